The quantitative estimate of drug-likeness (QED) is 0.774. The molecule has 0 fully saturated rings. The summed E-state index contributed by atoms with van der Waals surface area (Å²) >= 11 is 0. The van der Waals surface area contributed by atoms with E-state index in [1.54, 1.807) is 0 Å². The monoisotopic (exact) mass is 314 g/mol. The molecule has 2 rings (SSSR count). The lowest BCUT2D eigenvalue weighted by Gasteiger charge is -2.32. The van der Waals surface area contributed by atoms with Crippen molar-refractivity contribution in [1.29, 1.82) is 0 Å². The van der Waals surface area contributed by atoms with Gasteiger partial charge in [0.25, 0.3) is 0 Å². The molecule has 0 radical (unpaired) electrons. The Balaban J connectivity index is 2.46. The van der Waals surface area contributed by atoms with E-state index in [4.69, 9.17) is 4.11 Å². The first-order chi connectivity index (χ1) is 12.2. The lowest BCUT2D eigenvalue weighted by molar-refractivity contribution is 0.170. The van der Waals surface area contributed by atoms with Gasteiger partial charge in [-0.15, -0.1) is 0 Å². The van der Waals surface area contributed by atoms with Crippen molar-refractivity contribution in [2.45, 2.75) is 52.1 Å². The van der Waals surface area contributed by atoms with Crippen LogP contribution in [0, 0.1) is 0 Å². The molecule has 0 bridgehead atoms. The van der Waals surface area contributed by atoms with E-state index in [2.05, 4.69) is 32.6 Å². The number of hydrogen-bond donors (Lipinski definition) is 1. The van der Waals surface area contributed by atoms with Gasteiger partial charge in [0.1, 0.15) is 5.75 Å². The van der Waals surface area contributed by atoms with Crippen LogP contribution in [0.2, 0.25) is 0 Å². The highest BCUT2D eigenvalue weighted by Crippen LogP contribution is 2.34. The van der Waals surface area contributed by atoms with E-state index in [0.717, 1.165) is 18.5 Å². The number of phenolic OH excluding ortho intramolecular Hbond substituents is 1. The van der Waals surface area contributed by atoms with Gasteiger partial charge in [0.05, 0.1) is 4.11 Å². The lowest BCUT2D eigenvalue weighted by Crippen LogP contribution is -2.38. The summed E-state index contributed by atoms with van der Waals surface area (Å²) < 4.78 is 24.0. The fraction of sp³-hybridized carbons (Fsp3) is 0.429. The van der Waals surface area contributed by atoms with Crippen LogP contribution in [0.4, 0.5) is 0 Å². The SMILES string of the molecule is [2H]c1cc([2H])c([C@H](CCN(C(C)C)C(C)C)c2ccccc2)c(O)c1[2H]. The molecule has 2 aromatic rings. The number of aromatic hydroxyl groups is 1. The van der Waals surface area contributed by atoms with E-state index in [0.29, 0.717) is 17.6 Å². The van der Waals surface area contributed by atoms with Gasteiger partial charge in [-0.05, 0) is 52.3 Å². The highest BCUT2D eigenvalue weighted by Gasteiger charge is 2.20. The van der Waals surface area contributed by atoms with Crippen LogP contribution in [-0.2, 0) is 0 Å². The van der Waals surface area contributed by atoms with Gasteiger partial charge in [-0.25, -0.2) is 0 Å². The van der Waals surface area contributed by atoms with Gasteiger partial charge >= 0.3 is 0 Å². The fourth-order valence-electron chi connectivity index (χ4n) is 3.17. The highest BCUT2D eigenvalue weighted by molar-refractivity contribution is 5.41. The summed E-state index contributed by atoms with van der Waals surface area (Å²) in [5.41, 5.74) is 1.46. The standard InChI is InChI=1S/C21H29NO/c1-16(2)22(17(3)4)15-14-19(18-10-6-5-7-11-18)20-12-8-9-13-21(20)23/h5-13,16-17,19,23H,14-15H2,1-4H3/t19-/m1/s1/i9D,12D,13D. The Labute approximate surface area is 145 Å². The molecule has 0 heterocycles. The molecular formula is C21H29NO. The molecule has 2 aromatic carbocycles. The van der Waals surface area contributed by atoms with Gasteiger partial charge in [0.2, 0.25) is 0 Å². The van der Waals surface area contributed by atoms with Crippen molar-refractivity contribution in [1.82, 2.24) is 4.90 Å². The van der Waals surface area contributed by atoms with Crippen molar-refractivity contribution in [2.75, 3.05) is 6.54 Å². The number of phenols is 1. The van der Waals surface area contributed by atoms with Crippen LogP contribution in [0.15, 0.2) is 54.5 Å². The second kappa shape index (κ2) is 8.16. The summed E-state index contributed by atoms with van der Waals surface area (Å²) in [6, 6.07) is 11.8. The maximum atomic E-state index is 10.5. The summed E-state index contributed by atoms with van der Waals surface area (Å²) in [6.45, 7) is 9.50. The minimum absolute atomic E-state index is 0.117. The Bertz CT molecular complexity index is 724. The summed E-state index contributed by atoms with van der Waals surface area (Å²) in [6.07, 6.45) is 0.733. The molecule has 124 valence electrons. The van der Waals surface area contributed by atoms with Crippen molar-refractivity contribution in [3.05, 3.63) is 65.7 Å². The minimum Gasteiger partial charge on any atom is -0.508 e. The van der Waals surface area contributed by atoms with Gasteiger partial charge in [-0.2, -0.15) is 0 Å². The second-order valence-corrected chi connectivity index (χ2v) is 6.50. The van der Waals surface area contributed by atoms with Gasteiger partial charge in [0.15, 0.2) is 0 Å². The molecule has 0 amide bonds. The van der Waals surface area contributed by atoms with Gasteiger partial charge < -0.3 is 5.11 Å². The Kier molecular flexibility index (Phi) is 4.84. The average Bonchev–Trinajstić information content (AvgIpc) is 2.58. The third kappa shape index (κ3) is 4.59. The van der Waals surface area contributed by atoms with Crippen molar-refractivity contribution < 1.29 is 9.22 Å². The average molecular weight is 314 g/mol. The number of hydrogen-bond acceptors (Lipinski definition) is 2. The topological polar surface area (TPSA) is 23.5 Å². The van der Waals surface area contributed by atoms with Crippen molar-refractivity contribution in [3.63, 3.8) is 0 Å². The van der Waals surface area contributed by atoms with Crippen LogP contribution in [-0.4, -0.2) is 28.6 Å². The number of para-hydroxylation sites is 1. The highest BCUT2D eigenvalue weighted by atomic mass is 16.3. The van der Waals surface area contributed by atoms with Crippen LogP contribution in [0.3, 0.4) is 0 Å². The molecule has 1 atom stereocenters. The molecule has 2 heteroatoms. The molecule has 0 saturated heterocycles. The second-order valence-electron chi connectivity index (χ2n) is 6.50. The molecule has 2 nitrogen and oxygen atoms in total. The Morgan fingerprint density at radius 2 is 1.65 bits per heavy atom. The molecule has 0 aromatic heterocycles. The Morgan fingerprint density at radius 1 is 1.00 bits per heavy atom. The van der Waals surface area contributed by atoms with E-state index in [1.807, 2.05) is 30.3 Å². The number of rotatable bonds is 7. The summed E-state index contributed by atoms with van der Waals surface area (Å²) in [7, 11) is 0. The number of nitrogens with zero attached hydrogens (tertiary/aromatic N) is 1. The molecule has 0 aliphatic rings. The summed E-state index contributed by atoms with van der Waals surface area (Å²) in [5.74, 6) is -0.426. The van der Waals surface area contributed by atoms with E-state index in [9.17, 15) is 5.11 Å². The van der Waals surface area contributed by atoms with E-state index in [-0.39, 0.29) is 29.8 Å². The zero-order valence-corrected chi connectivity index (χ0v) is 14.5. The molecule has 23 heavy (non-hydrogen) atoms. The molecule has 0 aliphatic carbocycles. The predicted molar refractivity (Wildman–Crippen MR) is 98.0 cm³/mol. The Hall–Kier alpha value is -1.80. The molecular weight excluding hydrogens is 282 g/mol. The van der Waals surface area contributed by atoms with Gasteiger partial charge in [-0.1, -0.05) is 48.5 Å². The minimum atomic E-state index is -0.239. The fourth-order valence-corrected chi connectivity index (χ4v) is 3.17. The lowest BCUT2D eigenvalue weighted by atomic mass is 9.87. The summed E-state index contributed by atoms with van der Waals surface area (Å²) in [4.78, 5) is 2.39. The van der Waals surface area contributed by atoms with E-state index >= 15 is 0 Å². The van der Waals surface area contributed by atoms with Crippen LogP contribution in [0.5, 0.6) is 5.75 Å². The number of benzene rings is 2. The summed E-state index contributed by atoms with van der Waals surface area (Å²) in [5, 5.41) is 10.5. The maximum Gasteiger partial charge on any atom is 0.119 e. The first-order valence-corrected chi connectivity index (χ1v) is 8.34. The molecule has 0 aliphatic heterocycles. The third-order valence-electron chi connectivity index (χ3n) is 4.30. The van der Waals surface area contributed by atoms with Crippen molar-refractivity contribution in [3.8, 4) is 5.75 Å². The van der Waals surface area contributed by atoms with Crippen LogP contribution >= 0.6 is 0 Å². The van der Waals surface area contributed by atoms with Gasteiger partial charge in [-0.3, -0.25) is 4.90 Å². The third-order valence-corrected chi connectivity index (χ3v) is 4.30. The van der Waals surface area contributed by atoms with Gasteiger partial charge in [0, 0.05) is 23.6 Å². The zero-order chi connectivity index (χ0) is 19.4. The Morgan fingerprint density at radius 3 is 2.26 bits per heavy atom. The molecule has 0 saturated carbocycles. The van der Waals surface area contributed by atoms with Crippen molar-refractivity contribution in [2.24, 2.45) is 0 Å². The van der Waals surface area contributed by atoms with E-state index < -0.39 is 0 Å². The first-order valence-electron chi connectivity index (χ1n) is 9.84. The van der Waals surface area contributed by atoms with Crippen LogP contribution in [0.25, 0.3) is 0 Å². The first kappa shape index (κ1) is 13.6. The smallest absolute Gasteiger partial charge is 0.119 e. The molecule has 0 spiro atoms. The largest absolute Gasteiger partial charge is 0.508 e. The molecule has 1 N–H and O–H groups in total. The molecule has 0 unspecified atom stereocenters. The van der Waals surface area contributed by atoms with E-state index in [1.165, 1.54) is 6.07 Å². The van der Waals surface area contributed by atoms with Crippen LogP contribution in [0.1, 0.15) is 55.3 Å². The zero-order valence-electron chi connectivity index (χ0n) is 17.5. The maximum absolute atomic E-state index is 10.5. The normalized spacial score (nSPS) is 14.8. The predicted octanol–water partition coefficient (Wildman–Crippen LogP) is 5.03. The van der Waals surface area contributed by atoms with Crippen LogP contribution < -0.4 is 0 Å². The van der Waals surface area contributed by atoms with Crippen molar-refractivity contribution >= 4 is 0 Å².